The molecule has 0 aromatic heterocycles. The predicted octanol–water partition coefficient (Wildman–Crippen LogP) is 3.98. The van der Waals surface area contributed by atoms with Gasteiger partial charge in [0.15, 0.2) is 0 Å². The minimum absolute atomic E-state index is 0.133. The van der Waals surface area contributed by atoms with Crippen LogP contribution in [0.15, 0.2) is 24.3 Å². The molecule has 26 heavy (non-hydrogen) atoms. The van der Waals surface area contributed by atoms with E-state index >= 15 is 0 Å². The zero-order valence-corrected chi connectivity index (χ0v) is 16.1. The lowest BCUT2D eigenvalue weighted by molar-refractivity contribution is -0.125. The third-order valence-electron chi connectivity index (χ3n) is 7.06. The molecule has 4 nitrogen and oxygen atoms in total. The largest absolute Gasteiger partial charge is 0.497 e. The Bertz CT molecular complexity index is 626. The van der Waals surface area contributed by atoms with Crippen LogP contribution in [0.5, 0.6) is 5.75 Å². The van der Waals surface area contributed by atoms with Gasteiger partial charge in [0.25, 0.3) is 0 Å². The summed E-state index contributed by atoms with van der Waals surface area (Å²) in [5, 5.41) is 0. The molecule has 3 aliphatic rings. The standard InChI is InChI=1S/C22H32N2O2/c1-14(15-6-7-15)24(19-8-10-20(26-2)11-9-19)22(25)18-12-16-4-3-5-17(13-18)21(16)23/h8-11,14-18,21H,3-7,12-13,23H2,1-2H3. The van der Waals surface area contributed by atoms with E-state index in [4.69, 9.17) is 10.5 Å². The molecule has 0 saturated heterocycles. The molecule has 0 aliphatic heterocycles. The molecule has 4 heteroatoms. The Morgan fingerprint density at radius 3 is 2.27 bits per heavy atom. The molecule has 1 amide bonds. The number of nitrogens with two attached hydrogens (primary N) is 1. The van der Waals surface area contributed by atoms with E-state index in [-0.39, 0.29) is 12.0 Å². The van der Waals surface area contributed by atoms with E-state index in [9.17, 15) is 4.79 Å². The van der Waals surface area contributed by atoms with Crippen molar-refractivity contribution in [3.63, 3.8) is 0 Å². The SMILES string of the molecule is COc1ccc(N(C(=O)C2CC3CCCC(C2)C3N)C(C)C2CC2)cc1. The summed E-state index contributed by atoms with van der Waals surface area (Å²) in [6, 6.07) is 8.56. The average Bonchev–Trinajstić information content (AvgIpc) is 3.47. The fourth-order valence-electron chi connectivity index (χ4n) is 5.28. The highest BCUT2D eigenvalue weighted by Gasteiger charge is 2.44. The van der Waals surface area contributed by atoms with Gasteiger partial charge >= 0.3 is 0 Å². The van der Waals surface area contributed by atoms with E-state index in [2.05, 4.69) is 11.8 Å². The summed E-state index contributed by atoms with van der Waals surface area (Å²) in [5.74, 6) is 2.99. The van der Waals surface area contributed by atoms with Crippen molar-refractivity contribution in [2.24, 2.45) is 29.4 Å². The number of ether oxygens (including phenoxy) is 1. The topological polar surface area (TPSA) is 55.6 Å². The second kappa shape index (κ2) is 7.22. The van der Waals surface area contributed by atoms with Gasteiger partial charge < -0.3 is 15.4 Å². The lowest BCUT2D eigenvalue weighted by atomic mass is 9.65. The molecule has 3 aliphatic carbocycles. The molecular weight excluding hydrogens is 324 g/mol. The Labute approximate surface area is 157 Å². The molecule has 1 aromatic rings. The number of rotatable bonds is 5. The fraction of sp³-hybridized carbons (Fsp3) is 0.682. The van der Waals surface area contributed by atoms with Gasteiger partial charge in [0.1, 0.15) is 5.75 Å². The molecule has 0 radical (unpaired) electrons. The van der Waals surface area contributed by atoms with Gasteiger partial charge in [-0.25, -0.2) is 0 Å². The van der Waals surface area contributed by atoms with Crippen LogP contribution in [0.3, 0.4) is 0 Å². The van der Waals surface area contributed by atoms with Crippen molar-refractivity contribution in [2.45, 2.75) is 64.0 Å². The van der Waals surface area contributed by atoms with Crippen molar-refractivity contribution in [1.29, 1.82) is 0 Å². The third-order valence-corrected chi connectivity index (χ3v) is 7.06. The first kappa shape index (κ1) is 17.8. The second-order valence-corrected chi connectivity index (χ2v) is 8.68. The molecule has 0 spiro atoms. The molecule has 3 fully saturated rings. The van der Waals surface area contributed by atoms with Gasteiger partial charge in [-0.2, -0.15) is 0 Å². The molecule has 142 valence electrons. The molecule has 1 aromatic carbocycles. The van der Waals surface area contributed by atoms with Crippen LogP contribution < -0.4 is 15.4 Å². The maximum atomic E-state index is 13.6. The van der Waals surface area contributed by atoms with Gasteiger partial charge in [-0.05, 0) is 87.5 Å². The van der Waals surface area contributed by atoms with Crippen LogP contribution in [0.25, 0.3) is 0 Å². The van der Waals surface area contributed by atoms with E-state index in [1.54, 1.807) is 7.11 Å². The molecule has 2 bridgehead atoms. The maximum absolute atomic E-state index is 13.6. The van der Waals surface area contributed by atoms with Crippen molar-refractivity contribution in [2.75, 3.05) is 12.0 Å². The lowest BCUT2D eigenvalue weighted by Gasteiger charge is -2.45. The summed E-state index contributed by atoms with van der Waals surface area (Å²) in [6.07, 6.45) is 8.10. The molecule has 3 unspecified atom stereocenters. The van der Waals surface area contributed by atoms with Crippen LogP contribution in [0.2, 0.25) is 0 Å². The van der Waals surface area contributed by atoms with Crippen molar-refractivity contribution in [3.8, 4) is 5.75 Å². The Balaban J connectivity index is 1.57. The highest BCUT2D eigenvalue weighted by atomic mass is 16.5. The van der Waals surface area contributed by atoms with Crippen LogP contribution >= 0.6 is 0 Å². The molecule has 4 rings (SSSR count). The number of amides is 1. The van der Waals surface area contributed by atoms with Gasteiger partial charge in [-0.1, -0.05) is 6.42 Å². The number of nitrogens with zero attached hydrogens (tertiary/aromatic N) is 1. The first-order valence-electron chi connectivity index (χ1n) is 10.3. The molecule has 2 N–H and O–H groups in total. The molecular formula is C22H32N2O2. The van der Waals surface area contributed by atoms with Crippen LogP contribution in [0.4, 0.5) is 5.69 Å². The predicted molar refractivity (Wildman–Crippen MR) is 104 cm³/mol. The number of benzene rings is 1. The van der Waals surface area contributed by atoms with E-state index in [0.29, 0.717) is 29.7 Å². The average molecular weight is 357 g/mol. The zero-order chi connectivity index (χ0) is 18.3. The van der Waals surface area contributed by atoms with Crippen LogP contribution in [-0.4, -0.2) is 25.1 Å². The van der Waals surface area contributed by atoms with Crippen molar-refractivity contribution < 1.29 is 9.53 Å². The van der Waals surface area contributed by atoms with Gasteiger partial charge in [0, 0.05) is 23.7 Å². The summed E-state index contributed by atoms with van der Waals surface area (Å²) in [7, 11) is 1.68. The number of hydrogen-bond donors (Lipinski definition) is 1. The molecule has 3 saturated carbocycles. The summed E-state index contributed by atoms with van der Waals surface area (Å²) in [5.41, 5.74) is 7.45. The highest BCUT2D eigenvalue weighted by molar-refractivity contribution is 5.95. The maximum Gasteiger partial charge on any atom is 0.230 e. The van der Waals surface area contributed by atoms with E-state index in [1.165, 1.54) is 32.1 Å². The number of hydrogen-bond acceptors (Lipinski definition) is 3. The van der Waals surface area contributed by atoms with Crippen LogP contribution in [-0.2, 0) is 4.79 Å². The van der Waals surface area contributed by atoms with Crippen LogP contribution in [0.1, 0.15) is 51.9 Å². The smallest absolute Gasteiger partial charge is 0.230 e. The molecule has 0 heterocycles. The van der Waals surface area contributed by atoms with Crippen molar-refractivity contribution in [3.05, 3.63) is 24.3 Å². The quantitative estimate of drug-likeness (QED) is 0.868. The second-order valence-electron chi connectivity index (χ2n) is 8.68. The van der Waals surface area contributed by atoms with E-state index in [1.807, 2.05) is 24.3 Å². The Morgan fingerprint density at radius 1 is 1.12 bits per heavy atom. The van der Waals surface area contributed by atoms with E-state index in [0.717, 1.165) is 24.3 Å². The monoisotopic (exact) mass is 356 g/mol. The Hall–Kier alpha value is -1.55. The number of carbonyl (C=O) groups is 1. The molecule has 3 atom stereocenters. The first-order valence-corrected chi connectivity index (χ1v) is 10.3. The number of fused-ring (bicyclic) bond motifs is 2. The Morgan fingerprint density at radius 2 is 1.73 bits per heavy atom. The Kier molecular flexibility index (Phi) is 4.96. The third kappa shape index (κ3) is 3.36. The first-order chi connectivity index (χ1) is 12.6. The number of carbonyl (C=O) groups excluding carboxylic acids is 1. The minimum atomic E-state index is 0.133. The van der Waals surface area contributed by atoms with Gasteiger partial charge in [-0.15, -0.1) is 0 Å². The highest BCUT2D eigenvalue weighted by Crippen LogP contribution is 2.44. The fourth-order valence-corrected chi connectivity index (χ4v) is 5.28. The summed E-state index contributed by atoms with van der Waals surface area (Å²) in [6.45, 7) is 2.22. The normalized spacial score (nSPS) is 32.0. The summed E-state index contributed by atoms with van der Waals surface area (Å²) in [4.78, 5) is 15.7. The van der Waals surface area contributed by atoms with Crippen molar-refractivity contribution >= 4 is 11.6 Å². The zero-order valence-electron chi connectivity index (χ0n) is 16.1. The minimum Gasteiger partial charge on any atom is -0.497 e. The number of methoxy groups -OCH3 is 1. The van der Waals surface area contributed by atoms with Gasteiger partial charge in [0.05, 0.1) is 7.11 Å². The number of anilines is 1. The van der Waals surface area contributed by atoms with Gasteiger partial charge in [-0.3, -0.25) is 4.79 Å². The van der Waals surface area contributed by atoms with Crippen LogP contribution in [0, 0.1) is 23.7 Å². The lowest BCUT2D eigenvalue weighted by Crippen LogP contribution is -2.51. The summed E-state index contributed by atoms with van der Waals surface area (Å²) >= 11 is 0. The van der Waals surface area contributed by atoms with Crippen molar-refractivity contribution in [1.82, 2.24) is 0 Å². The van der Waals surface area contributed by atoms with Gasteiger partial charge in [0.2, 0.25) is 5.91 Å². The summed E-state index contributed by atoms with van der Waals surface area (Å²) < 4.78 is 5.29. The van der Waals surface area contributed by atoms with E-state index < -0.39 is 0 Å².